The second-order valence-electron chi connectivity index (χ2n) is 5.56. The SMILES string of the molecule is CC(N)(C(=O)N1CCCC(C(N)=O)C1)c1ccccc1. The maximum absolute atomic E-state index is 12.6. The maximum Gasteiger partial charge on any atom is 0.246 e. The summed E-state index contributed by atoms with van der Waals surface area (Å²) in [5.74, 6) is -0.769. The number of hydrogen-bond acceptors (Lipinski definition) is 3. The second kappa shape index (κ2) is 5.63. The van der Waals surface area contributed by atoms with Gasteiger partial charge in [0.05, 0.1) is 5.92 Å². The number of likely N-dealkylation sites (tertiary alicyclic amines) is 1. The van der Waals surface area contributed by atoms with Gasteiger partial charge in [0.15, 0.2) is 0 Å². The van der Waals surface area contributed by atoms with Crippen LogP contribution in [0, 0.1) is 5.92 Å². The molecule has 2 unspecified atom stereocenters. The van der Waals surface area contributed by atoms with Crippen molar-refractivity contribution in [2.45, 2.75) is 25.3 Å². The average Bonchev–Trinajstić information content (AvgIpc) is 2.47. The number of benzene rings is 1. The number of hydrogen-bond donors (Lipinski definition) is 2. The summed E-state index contributed by atoms with van der Waals surface area (Å²) in [6.07, 6.45) is 1.52. The van der Waals surface area contributed by atoms with Crippen molar-refractivity contribution in [1.82, 2.24) is 4.90 Å². The first-order chi connectivity index (χ1) is 9.43. The Morgan fingerprint density at radius 3 is 2.55 bits per heavy atom. The fourth-order valence-corrected chi connectivity index (χ4v) is 2.63. The number of amides is 2. The average molecular weight is 275 g/mol. The van der Waals surface area contributed by atoms with Gasteiger partial charge in [0.2, 0.25) is 11.8 Å². The fourth-order valence-electron chi connectivity index (χ4n) is 2.63. The molecule has 0 aliphatic carbocycles. The lowest BCUT2D eigenvalue weighted by molar-refractivity contribution is -0.140. The second-order valence-corrected chi connectivity index (χ2v) is 5.56. The van der Waals surface area contributed by atoms with Crippen molar-refractivity contribution in [3.05, 3.63) is 35.9 Å². The lowest BCUT2D eigenvalue weighted by Gasteiger charge is -2.36. The molecule has 2 atom stereocenters. The van der Waals surface area contributed by atoms with Crippen molar-refractivity contribution in [1.29, 1.82) is 0 Å². The van der Waals surface area contributed by atoms with Crippen LogP contribution in [-0.4, -0.2) is 29.8 Å². The molecule has 1 fully saturated rings. The van der Waals surface area contributed by atoms with Gasteiger partial charge in [-0.05, 0) is 25.3 Å². The zero-order valence-electron chi connectivity index (χ0n) is 11.7. The number of nitrogens with two attached hydrogens (primary N) is 2. The van der Waals surface area contributed by atoms with Crippen molar-refractivity contribution < 1.29 is 9.59 Å². The molecule has 1 aliphatic heterocycles. The van der Waals surface area contributed by atoms with E-state index in [1.54, 1.807) is 11.8 Å². The summed E-state index contributed by atoms with van der Waals surface area (Å²) in [5, 5.41) is 0. The Balaban J connectivity index is 2.16. The molecule has 1 heterocycles. The molecular formula is C15H21N3O2. The highest BCUT2D eigenvalue weighted by Gasteiger charge is 2.37. The van der Waals surface area contributed by atoms with Crippen LogP contribution in [0.25, 0.3) is 0 Å². The van der Waals surface area contributed by atoms with Gasteiger partial charge in [0, 0.05) is 13.1 Å². The lowest BCUT2D eigenvalue weighted by atomic mass is 9.89. The zero-order chi connectivity index (χ0) is 14.8. The van der Waals surface area contributed by atoms with Crippen LogP contribution >= 0.6 is 0 Å². The molecule has 0 saturated carbocycles. The Hall–Kier alpha value is -1.88. The van der Waals surface area contributed by atoms with Crippen LogP contribution in [0.4, 0.5) is 0 Å². The van der Waals surface area contributed by atoms with E-state index in [4.69, 9.17) is 11.5 Å². The third-order valence-electron chi connectivity index (χ3n) is 3.93. The van der Waals surface area contributed by atoms with E-state index in [0.717, 1.165) is 18.4 Å². The first-order valence-corrected chi connectivity index (χ1v) is 6.86. The Morgan fingerprint density at radius 1 is 1.30 bits per heavy atom. The van der Waals surface area contributed by atoms with Crippen LogP contribution in [-0.2, 0) is 15.1 Å². The summed E-state index contributed by atoms with van der Waals surface area (Å²) in [7, 11) is 0. The first kappa shape index (κ1) is 14.5. The van der Waals surface area contributed by atoms with Gasteiger partial charge in [-0.2, -0.15) is 0 Å². The third kappa shape index (κ3) is 2.82. The van der Waals surface area contributed by atoms with E-state index in [9.17, 15) is 9.59 Å². The summed E-state index contributed by atoms with van der Waals surface area (Å²) >= 11 is 0. The monoisotopic (exact) mass is 275 g/mol. The predicted octanol–water partition coefficient (Wildman–Crippen LogP) is 0.584. The Bertz CT molecular complexity index is 499. The van der Waals surface area contributed by atoms with Crippen LogP contribution in [0.1, 0.15) is 25.3 Å². The summed E-state index contributed by atoms with van der Waals surface area (Å²) < 4.78 is 0. The molecule has 5 nitrogen and oxygen atoms in total. The smallest absolute Gasteiger partial charge is 0.246 e. The van der Waals surface area contributed by atoms with Gasteiger partial charge in [-0.15, -0.1) is 0 Å². The normalized spacial score (nSPS) is 22.1. The van der Waals surface area contributed by atoms with Crippen LogP contribution in [0.2, 0.25) is 0 Å². The minimum absolute atomic E-state index is 0.158. The molecule has 2 rings (SSSR count). The summed E-state index contributed by atoms with van der Waals surface area (Å²) in [4.78, 5) is 25.6. The highest BCUT2D eigenvalue weighted by Crippen LogP contribution is 2.24. The van der Waals surface area contributed by atoms with E-state index in [0.29, 0.717) is 13.1 Å². The van der Waals surface area contributed by atoms with Crippen LogP contribution < -0.4 is 11.5 Å². The minimum Gasteiger partial charge on any atom is -0.369 e. The molecule has 0 bridgehead atoms. The minimum atomic E-state index is -1.08. The first-order valence-electron chi connectivity index (χ1n) is 6.86. The number of piperidine rings is 1. The number of primary amides is 1. The Morgan fingerprint density at radius 2 is 1.95 bits per heavy atom. The van der Waals surface area contributed by atoms with Gasteiger partial charge in [-0.25, -0.2) is 0 Å². The topological polar surface area (TPSA) is 89.4 Å². The van der Waals surface area contributed by atoms with Crippen molar-refractivity contribution in [3.63, 3.8) is 0 Å². The predicted molar refractivity (Wildman–Crippen MR) is 76.5 cm³/mol. The van der Waals surface area contributed by atoms with E-state index in [2.05, 4.69) is 0 Å². The Labute approximate surface area is 118 Å². The van der Waals surface area contributed by atoms with Gasteiger partial charge < -0.3 is 16.4 Å². The molecule has 2 amide bonds. The molecule has 0 radical (unpaired) electrons. The molecule has 1 aromatic carbocycles. The molecule has 0 aromatic heterocycles. The number of carbonyl (C=O) groups excluding carboxylic acids is 2. The quantitative estimate of drug-likeness (QED) is 0.845. The number of carbonyl (C=O) groups is 2. The van der Waals surface area contributed by atoms with Crippen LogP contribution in [0.3, 0.4) is 0 Å². The highest BCUT2D eigenvalue weighted by molar-refractivity contribution is 5.88. The largest absolute Gasteiger partial charge is 0.369 e. The molecule has 1 aliphatic rings. The van der Waals surface area contributed by atoms with Gasteiger partial charge >= 0.3 is 0 Å². The zero-order valence-corrected chi connectivity index (χ0v) is 11.7. The number of rotatable bonds is 3. The van der Waals surface area contributed by atoms with E-state index >= 15 is 0 Å². The molecular weight excluding hydrogens is 254 g/mol. The molecule has 20 heavy (non-hydrogen) atoms. The van der Waals surface area contributed by atoms with Crippen LogP contribution in [0.5, 0.6) is 0 Å². The van der Waals surface area contributed by atoms with Crippen molar-refractivity contribution in [3.8, 4) is 0 Å². The standard InChI is InChI=1S/C15H21N3O2/c1-15(17,12-7-3-2-4-8-12)14(20)18-9-5-6-11(10-18)13(16)19/h2-4,7-8,11H,5-6,9-10,17H2,1H3,(H2,16,19). The van der Waals surface area contributed by atoms with Crippen molar-refractivity contribution in [2.75, 3.05) is 13.1 Å². The maximum atomic E-state index is 12.6. The van der Waals surface area contributed by atoms with E-state index in [1.165, 1.54) is 0 Å². The molecule has 1 saturated heterocycles. The van der Waals surface area contributed by atoms with Crippen molar-refractivity contribution in [2.24, 2.45) is 17.4 Å². The summed E-state index contributed by atoms with van der Waals surface area (Å²) in [6.45, 7) is 2.70. The molecule has 4 N–H and O–H groups in total. The summed E-state index contributed by atoms with van der Waals surface area (Å²) in [5.41, 5.74) is 11.3. The number of nitrogens with zero attached hydrogens (tertiary/aromatic N) is 1. The third-order valence-corrected chi connectivity index (χ3v) is 3.93. The Kier molecular flexibility index (Phi) is 4.09. The van der Waals surface area contributed by atoms with Crippen LogP contribution in [0.15, 0.2) is 30.3 Å². The molecule has 108 valence electrons. The molecule has 5 heteroatoms. The van der Waals surface area contributed by atoms with Crippen molar-refractivity contribution >= 4 is 11.8 Å². The van der Waals surface area contributed by atoms with E-state index in [1.807, 2.05) is 30.3 Å². The molecule has 1 aromatic rings. The van der Waals surface area contributed by atoms with Gasteiger partial charge in [0.1, 0.15) is 5.54 Å². The summed E-state index contributed by atoms with van der Waals surface area (Å²) in [6, 6.07) is 9.28. The van der Waals surface area contributed by atoms with Gasteiger partial charge in [0.25, 0.3) is 0 Å². The van der Waals surface area contributed by atoms with E-state index < -0.39 is 5.54 Å². The molecule has 0 spiro atoms. The van der Waals surface area contributed by atoms with E-state index in [-0.39, 0.29) is 17.7 Å². The van der Waals surface area contributed by atoms with Gasteiger partial charge in [-0.3, -0.25) is 9.59 Å². The highest BCUT2D eigenvalue weighted by atomic mass is 16.2. The van der Waals surface area contributed by atoms with Gasteiger partial charge in [-0.1, -0.05) is 30.3 Å². The fraction of sp³-hybridized carbons (Fsp3) is 0.467. The lowest BCUT2D eigenvalue weighted by Crippen LogP contribution is -2.54.